The summed E-state index contributed by atoms with van der Waals surface area (Å²) in [6.45, 7) is 9.75. The highest BCUT2D eigenvalue weighted by atomic mass is 15.0. The Morgan fingerprint density at radius 3 is 1.61 bits per heavy atom. The van der Waals surface area contributed by atoms with Crippen molar-refractivity contribution in [3.05, 3.63) is 192 Å². The van der Waals surface area contributed by atoms with E-state index in [0.717, 1.165) is 66.6 Å². The quantitative estimate of drug-likeness (QED) is 0.167. The topological polar surface area (TPSA) is 42.9 Å². The van der Waals surface area contributed by atoms with Crippen molar-refractivity contribution in [3.8, 4) is 34.3 Å². The molecule has 8 aromatic carbocycles. The van der Waals surface area contributed by atoms with Gasteiger partial charge in [0.1, 0.15) is 6.07 Å². The molecule has 56 heavy (non-hydrogen) atoms. The number of aromatic nitrogens is 3. The number of para-hydroxylation sites is 4. The van der Waals surface area contributed by atoms with E-state index in [-0.39, 0.29) is 0 Å². The Kier molecular flexibility index (Phi) is 6.83. The molecule has 0 aliphatic carbocycles. The molecule has 3 aromatic heterocycles. The van der Waals surface area contributed by atoms with Crippen molar-refractivity contribution in [3.63, 3.8) is 0 Å². The van der Waals surface area contributed by atoms with Crippen LogP contribution in [0.1, 0.15) is 11.1 Å². The number of hydrogen-bond donors (Lipinski definition) is 0. The number of nitriles is 1. The molecule has 0 fully saturated rings. The van der Waals surface area contributed by atoms with E-state index in [4.69, 9.17) is 6.57 Å². The Morgan fingerprint density at radius 2 is 0.982 bits per heavy atom. The first kappa shape index (κ1) is 31.6. The van der Waals surface area contributed by atoms with Crippen LogP contribution in [0.3, 0.4) is 0 Å². The highest BCUT2D eigenvalue weighted by molar-refractivity contribution is 6.13. The van der Waals surface area contributed by atoms with Crippen LogP contribution in [0.15, 0.2) is 170 Å². The van der Waals surface area contributed by atoms with E-state index in [9.17, 15) is 5.26 Å². The van der Waals surface area contributed by atoms with Gasteiger partial charge in [-0.2, -0.15) is 5.26 Å². The molecule has 3 heterocycles. The molecule has 0 spiro atoms. The average Bonchev–Trinajstić information content (AvgIpc) is 3.88. The molecule has 0 saturated heterocycles. The monoisotopic (exact) mass is 713 g/mol. The maximum absolute atomic E-state index is 10.9. The summed E-state index contributed by atoms with van der Waals surface area (Å²) >= 11 is 0. The van der Waals surface area contributed by atoms with Gasteiger partial charge in [-0.3, -0.25) is 0 Å². The second-order valence-electron chi connectivity index (χ2n) is 14.5. The van der Waals surface area contributed by atoms with Gasteiger partial charge in [-0.1, -0.05) is 97.1 Å². The summed E-state index contributed by atoms with van der Waals surface area (Å²) in [7, 11) is 0. The van der Waals surface area contributed by atoms with Gasteiger partial charge >= 0.3 is 0 Å². The van der Waals surface area contributed by atoms with Gasteiger partial charge in [0.05, 0.1) is 50.9 Å². The second kappa shape index (κ2) is 12.1. The van der Waals surface area contributed by atoms with Crippen LogP contribution in [0.5, 0.6) is 0 Å². The first-order chi connectivity index (χ1) is 27.6. The largest absolute Gasteiger partial charge is 0.309 e. The third-order valence-corrected chi connectivity index (χ3v) is 11.3. The predicted molar refractivity (Wildman–Crippen MR) is 231 cm³/mol. The van der Waals surface area contributed by atoms with Gasteiger partial charge in [0.25, 0.3) is 0 Å². The van der Waals surface area contributed by atoms with Gasteiger partial charge in [0, 0.05) is 43.9 Å². The molecule has 11 rings (SSSR count). The number of aryl methyl sites for hydroxylation is 1. The normalized spacial score (nSPS) is 11.6. The van der Waals surface area contributed by atoms with Crippen LogP contribution in [0.25, 0.3) is 98.5 Å². The van der Waals surface area contributed by atoms with Crippen LogP contribution in [0, 0.1) is 24.8 Å². The minimum atomic E-state index is 0.593. The highest BCUT2D eigenvalue weighted by Crippen LogP contribution is 2.40. The molecule has 260 valence electrons. The molecule has 11 aromatic rings. The number of benzene rings is 8. The Morgan fingerprint density at radius 1 is 0.464 bits per heavy atom. The van der Waals surface area contributed by atoms with Crippen molar-refractivity contribution in [2.75, 3.05) is 0 Å². The number of fused-ring (bicyclic) bond motifs is 9. The summed E-state index contributed by atoms with van der Waals surface area (Å²) < 4.78 is 6.89. The smallest absolute Gasteiger partial charge is 0.188 e. The third kappa shape index (κ3) is 4.53. The third-order valence-electron chi connectivity index (χ3n) is 11.3. The first-order valence-electron chi connectivity index (χ1n) is 18.7. The van der Waals surface area contributed by atoms with Crippen molar-refractivity contribution >= 4 is 71.1 Å². The molecule has 0 saturated carbocycles. The Bertz CT molecular complexity index is 3470. The molecule has 0 bridgehead atoms. The molecule has 0 radical (unpaired) electrons. The van der Waals surface area contributed by atoms with Gasteiger partial charge in [-0.25, -0.2) is 4.85 Å². The standard InChI is InChI=1S/C51H31N5/c1-32-26-33(37-16-11-21-49(44(37)31-52)56-48-20-10-6-14-40(48)42-29-34(53-2)22-24-51(42)56)28-36(27-32)55-47-19-9-5-15-41(47)43-30-35(23-25-50(43)55)54-45-17-7-3-12-38(45)39-13-4-8-18-46(39)54/h3-30H,1H3. The van der Waals surface area contributed by atoms with Crippen LogP contribution < -0.4 is 0 Å². The fourth-order valence-electron chi connectivity index (χ4n) is 9.00. The van der Waals surface area contributed by atoms with Crippen LogP contribution in [-0.4, -0.2) is 13.7 Å². The molecule has 5 heteroatoms. The molecule has 0 N–H and O–H groups in total. The van der Waals surface area contributed by atoms with Gasteiger partial charge in [0.2, 0.25) is 0 Å². The number of hydrogen-bond acceptors (Lipinski definition) is 1. The lowest BCUT2D eigenvalue weighted by Gasteiger charge is -2.16. The van der Waals surface area contributed by atoms with E-state index in [1.54, 1.807) is 0 Å². The van der Waals surface area contributed by atoms with Gasteiger partial charge < -0.3 is 13.7 Å². The maximum atomic E-state index is 10.9. The fourth-order valence-corrected chi connectivity index (χ4v) is 9.00. The summed E-state index contributed by atoms with van der Waals surface area (Å²) in [6, 6.07) is 62.0. The Balaban J connectivity index is 1.11. The van der Waals surface area contributed by atoms with Crippen molar-refractivity contribution < 1.29 is 0 Å². The van der Waals surface area contributed by atoms with Crippen LogP contribution in [0.4, 0.5) is 5.69 Å². The molecule has 0 aliphatic heterocycles. The summed E-state index contributed by atoms with van der Waals surface area (Å²) in [5, 5.41) is 17.8. The van der Waals surface area contributed by atoms with Crippen molar-refractivity contribution in [2.24, 2.45) is 0 Å². The summed E-state index contributed by atoms with van der Waals surface area (Å²) in [6.07, 6.45) is 0. The molecular formula is C51H31N5. The molecule has 0 amide bonds. The van der Waals surface area contributed by atoms with Gasteiger partial charge in [0.15, 0.2) is 5.69 Å². The molecule has 5 nitrogen and oxygen atoms in total. The predicted octanol–water partition coefficient (Wildman–Crippen LogP) is 13.4. The van der Waals surface area contributed by atoms with E-state index >= 15 is 0 Å². The van der Waals surface area contributed by atoms with E-state index in [2.05, 4.69) is 159 Å². The van der Waals surface area contributed by atoms with Crippen LogP contribution in [0.2, 0.25) is 0 Å². The van der Waals surface area contributed by atoms with Crippen molar-refractivity contribution in [1.82, 2.24) is 13.7 Å². The lowest BCUT2D eigenvalue weighted by Crippen LogP contribution is -2.00. The van der Waals surface area contributed by atoms with Crippen LogP contribution in [-0.2, 0) is 0 Å². The van der Waals surface area contributed by atoms with Crippen molar-refractivity contribution in [1.29, 1.82) is 5.26 Å². The second-order valence-corrected chi connectivity index (χ2v) is 14.5. The fraction of sp³-hybridized carbons (Fsp3) is 0.0196. The number of nitrogens with zero attached hydrogens (tertiary/aromatic N) is 5. The van der Waals surface area contributed by atoms with E-state index in [1.165, 1.54) is 32.6 Å². The zero-order valence-corrected chi connectivity index (χ0v) is 30.4. The van der Waals surface area contributed by atoms with E-state index < -0.39 is 0 Å². The summed E-state index contributed by atoms with van der Waals surface area (Å²) in [5.41, 5.74) is 13.7. The lowest BCUT2D eigenvalue weighted by atomic mass is 9.96. The minimum Gasteiger partial charge on any atom is -0.309 e. The summed E-state index contributed by atoms with van der Waals surface area (Å²) in [5.74, 6) is 0. The van der Waals surface area contributed by atoms with Gasteiger partial charge in [-0.15, -0.1) is 0 Å². The van der Waals surface area contributed by atoms with E-state index in [0.29, 0.717) is 11.3 Å². The van der Waals surface area contributed by atoms with Crippen LogP contribution >= 0.6 is 0 Å². The molecule has 0 aliphatic rings. The Labute approximate surface area is 322 Å². The zero-order chi connectivity index (χ0) is 37.5. The van der Waals surface area contributed by atoms with Gasteiger partial charge in [-0.05, 0) is 96.2 Å². The lowest BCUT2D eigenvalue weighted by molar-refractivity contribution is 1.16. The van der Waals surface area contributed by atoms with E-state index in [1.807, 2.05) is 42.5 Å². The highest BCUT2D eigenvalue weighted by Gasteiger charge is 2.20. The first-order valence-corrected chi connectivity index (χ1v) is 18.7. The molecular weight excluding hydrogens is 683 g/mol. The maximum Gasteiger partial charge on any atom is 0.188 e. The SMILES string of the molecule is [C-]#[N+]c1ccc2c(c1)c1ccccc1n2-c1cccc(-c2cc(C)cc(-n3c4ccccc4c4cc(-n5c6ccccc6c6ccccc65)ccc43)c2)c1C#N. The zero-order valence-electron chi connectivity index (χ0n) is 30.4. The van der Waals surface area contributed by atoms with Crippen molar-refractivity contribution in [2.45, 2.75) is 6.92 Å². The molecule has 0 unspecified atom stereocenters. The number of rotatable bonds is 4. The minimum absolute atomic E-state index is 0.593. The average molecular weight is 714 g/mol. The molecule has 0 atom stereocenters. The Hall–Kier alpha value is -7.86. The summed E-state index contributed by atoms with van der Waals surface area (Å²) in [4.78, 5) is 3.70.